The smallest absolute Gasteiger partial charge is 0.395 e. The Morgan fingerprint density at radius 1 is 1.31 bits per heavy atom. The van der Waals surface area contributed by atoms with Crippen LogP contribution in [0, 0.1) is 0 Å². The second-order valence-corrected chi connectivity index (χ2v) is 3.43. The number of hydrogen-bond donors (Lipinski definition) is 0. The Bertz CT molecular complexity index is 433. The van der Waals surface area contributed by atoms with Gasteiger partial charge in [-0.3, -0.25) is 0 Å². The maximum atomic E-state index is 12.8. The van der Waals surface area contributed by atoms with E-state index in [1.54, 1.807) is 31.2 Å². The van der Waals surface area contributed by atoms with Crippen LogP contribution in [0.15, 0.2) is 23.3 Å². The fourth-order valence-corrected chi connectivity index (χ4v) is 1.27. The average Bonchev–Trinajstić information content (AvgIpc) is 2.48. The second kappa shape index (κ2) is 3.62. The number of alkyl halides is 2. The maximum absolute atomic E-state index is 12.8. The zero-order valence-corrected chi connectivity index (χ0v) is 8.78. The van der Waals surface area contributed by atoms with Gasteiger partial charge in [-0.05, 0) is 12.1 Å². The number of nitrogens with zero attached hydrogens (tertiary/aromatic N) is 2. The minimum Gasteiger partial charge on any atom is -0.395 e. The zero-order valence-electron chi connectivity index (χ0n) is 8.78. The van der Waals surface area contributed by atoms with Crippen molar-refractivity contribution in [1.82, 2.24) is 5.01 Å². The van der Waals surface area contributed by atoms with Gasteiger partial charge in [0, 0.05) is 19.7 Å². The van der Waals surface area contributed by atoms with Crippen LogP contribution in [0.25, 0.3) is 0 Å². The molecule has 0 saturated carbocycles. The van der Waals surface area contributed by atoms with Crippen LogP contribution >= 0.6 is 0 Å². The van der Waals surface area contributed by atoms with E-state index in [0.29, 0.717) is 5.56 Å². The predicted molar refractivity (Wildman–Crippen MR) is 53.9 cm³/mol. The van der Waals surface area contributed by atoms with Crippen LogP contribution in [-0.2, 0) is 0 Å². The molecule has 1 aromatic carbocycles. The van der Waals surface area contributed by atoms with E-state index in [4.69, 9.17) is 0 Å². The van der Waals surface area contributed by atoms with Crippen LogP contribution in [0.5, 0.6) is 11.5 Å². The van der Waals surface area contributed by atoms with Crippen molar-refractivity contribution in [3.05, 3.63) is 23.8 Å². The van der Waals surface area contributed by atoms with Crippen LogP contribution in [0.4, 0.5) is 8.78 Å². The Balaban J connectivity index is 2.34. The van der Waals surface area contributed by atoms with Gasteiger partial charge >= 0.3 is 6.29 Å². The lowest BCUT2D eigenvalue weighted by molar-refractivity contribution is -0.286. The summed E-state index contributed by atoms with van der Waals surface area (Å²) in [6, 6.07) is 4.64. The zero-order chi connectivity index (χ0) is 11.8. The van der Waals surface area contributed by atoms with E-state index in [1.165, 1.54) is 12.3 Å². The average molecular weight is 228 g/mol. The number of fused-ring (bicyclic) bond motifs is 1. The molecule has 4 nitrogen and oxygen atoms in total. The molecule has 1 aromatic rings. The largest absolute Gasteiger partial charge is 0.586 e. The van der Waals surface area contributed by atoms with E-state index in [2.05, 4.69) is 14.6 Å². The van der Waals surface area contributed by atoms with Crippen molar-refractivity contribution in [3.63, 3.8) is 0 Å². The van der Waals surface area contributed by atoms with E-state index < -0.39 is 6.29 Å². The molecule has 0 fully saturated rings. The van der Waals surface area contributed by atoms with Crippen molar-refractivity contribution in [3.8, 4) is 11.5 Å². The molecule has 1 aliphatic rings. The highest BCUT2D eigenvalue weighted by molar-refractivity contribution is 5.85. The normalized spacial score (nSPS) is 16.8. The number of para-hydroxylation sites is 1. The summed E-state index contributed by atoms with van der Waals surface area (Å²) in [5, 5.41) is 5.50. The fraction of sp³-hybridized carbons (Fsp3) is 0.300. The summed E-state index contributed by atoms with van der Waals surface area (Å²) < 4.78 is 34.3. The molecule has 2 rings (SSSR count). The molecule has 0 radical (unpaired) electrons. The summed E-state index contributed by atoms with van der Waals surface area (Å²) in [6.45, 7) is 0. The first-order valence-corrected chi connectivity index (χ1v) is 4.58. The number of hydrogen-bond acceptors (Lipinski definition) is 4. The van der Waals surface area contributed by atoms with Gasteiger partial charge in [0.2, 0.25) is 0 Å². The third-order valence-electron chi connectivity index (χ3n) is 1.89. The van der Waals surface area contributed by atoms with Crippen molar-refractivity contribution >= 4 is 6.21 Å². The first kappa shape index (κ1) is 10.7. The highest BCUT2D eigenvalue weighted by Gasteiger charge is 2.44. The quantitative estimate of drug-likeness (QED) is 0.572. The Morgan fingerprint density at radius 3 is 2.75 bits per heavy atom. The summed E-state index contributed by atoms with van der Waals surface area (Å²) in [6.07, 6.45) is -2.16. The van der Waals surface area contributed by atoms with Crippen molar-refractivity contribution in [2.24, 2.45) is 5.10 Å². The lowest BCUT2D eigenvalue weighted by Gasteiger charge is -2.05. The van der Waals surface area contributed by atoms with Crippen LogP contribution in [0.1, 0.15) is 5.56 Å². The topological polar surface area (TPSA) is 34.1 Å². The Labute approximate surface area is 91.1 Å². The minimum atomic E-state index is -3.59. The Hall–Kier alpha value is -1.85. The maximum Gasteiger partial charge on any atom is 0.586 e. The molecule has 0 saturated heterocycles. The van der Waals surface area contributed by atoms with Crippen molar-refractivity contribution in [2.45, 2.75) is 6.29 Å². The van der Waals surface area contributed by atoms with Crippen molar-refractivity contribution < 1.29 is 18.3 Å². The van der Waals surface area contributed by atoms with Gasteiger partial charge in [0.05, 0.1) is 6.21 Å². The summed E-state index contributed by atoms with van der Waals surface area (Å²) >= 11 is 0. The lowest BCUT2D eigenvalue weighted by atomic mass is 10.2. The van der Waals surface area contributed by atoms with Gasteiger partial charge < -0.3 is 14.5 Å². The SMILES string of the molecule is CN(C)N=Cc1cccc2c1OC(F)(F)O2. The molecule has 0 atom stereocenters. The van der Waals surface area contributed by atoms with Gasteiger partial charge in [-0.25, -0.2) is 0 Å². The van der Waals surface area contributed by atoms with E-state index >= 15 is 0 Å². The summed E-state index contributed by atoms with van der Waals surface area (Å²) in [7, 11) is 3.46. The van der Waals surface area contributed by atoms with Gasteiger partial charge in [0.25, 0.3) is 0 Å². The van der Waals surface area contributed by atoms with Gasteiger partial charge in [-0.15, -0.1) is 8.78 Å². The molecule has 1 heterocycles. The summed E-state index contributed by atoms with van der Waals surface area (Å²) in [5.41, 5.74) is 0.448. The number of ether oxygens (including phenoxy) is 2. The highest BCUT2D eigenvalue weighted by atomic mass is 19.3. The molecule has 1 aliphatic heterocycles. The van der Waals surface area contributed by atoms with Crippen LogP contribution < -0.4 is 9.47 Å². The summed E-state index contributed by atoms with van der Waals surface area (Å²) in [5.74, 6) is 0.0332. The standard InChI is InChI=1S/C10H10F2N2O2/c1-14(2)13-6-7-4-3-5-8-9(7)16-10(11,12)15-8/h3-6H,1-2H3. The molecule has 0 bridgehead atoms. The van der Waals surface area contributed by atoms with E-state index in [9.17, 15) is 8.78 Å². The van der Waals surface area contributed by atoms with Gasteiger partial charge in [-0.2, -0.15) is 5.10 Å². The first-order valence-electron chi connectivity index (χ1n) is 4.58. The third kappa shape index (κ3) is 2.05. The molecular formula is C10H10F2N2O2. The predicted octanol–water partition coefficient (Wildman–Crippen LogP) is 1.90. The van der Waals surface area contributed by atoms with Crippen LogP contribution in [0.3, 0.4) is 0 Å². The van der Waals surface area contributed by atoms with Gasteiger partial charge in [-0.1, -0.05) is 6.07 Å². The molecule has 6 heteroatoms. The molecule has 0 amide bonds. The summed E-state index contributed by atoms with van der Waals surface area (Å²) in [4.78, 5) is 0. The van der Waals surface area contributed by atoms with Crippen LogP contribution in [-0.4, -0.2) is 31.6 Å². The van der Waals surface area contributed by atoms with Crippen molar-refractivity contribution in [1.29, 1.82) is 0 Å². The van der Waals surface area contributed by atoms with Crippen LogP contribution in [0.2, 0.25) is 0 Å². The number of hydrazone groups is 1. The number of halogens is 2. The van der Waals surface area contributed by atoms with Gasteiger partial charge in [0.1, 0.15) is 0 Å². The van der Waals surface area contributed by atoms with E-state index in [-0.39, 0.29) is 11.5 Å². The van der Waals surface area contributed by atoms with Gasteiger partial charge in [0.15, 0.2) is 11.5 Å². The molecule has 0 aromatic heterocycles. The monoisotopic (exact) mass is 228 g/mol. The highest BCUT2D eigenvalue weighted by Crippen LogP contribution is 2.42. The van der Waals surface area contributed by atoms with E-state index in [0.717, 1.165) is 0 Å². The Kier molecular flexibility index (Phi) is 2.41. The molecule has 0 spiro atoms. The first-order chi connectivity index (χ1) is 7.48. The number of rotatable bonds is 2. The second-order valence-electron chi connectivity index (χ2n) is 3.43. The molecule has 0 N–H and O–H groups in total. The van der Waals surface area contributed by atoms with Crippen molar-refractivity contribution in [2.75, 3.05) is 14.1 Å². The number of benzene rings is 1. The third-order valence-corrected chi connectivity index (χ3v) is 1.89. The fourth-order valence-electron chi connectivity index (χ4n) is 1.27. The lowest BCUT2D eigenvalue weighted by Crippen LogP contribution is -2.26. The molecule has 86 valence electrons. The van der Waals surface area contributed by atoms with E-state index in [1.807, 2.05) is 0 Å². The Morgan fingerprint density at radius 2 is 2.06 bits per heavy atom. The minimum absolute atomic E-state index is 0.0121. The molecule has 0 aliphatic carbocycles. The molecule has 16 heavy (non-hydrogen) atoms. The molecule has 0 unspecified atom stereocenters. The molecular weight excluding hydrogens is 218 g/mol.